The Bertz CT molecular complexity index is 1130. The molecular weight excluding hydrogens is 486 g/mol. The summed E-state index contributed by atoms with van der Waals surface area (Å²) in [4.78, 5) is 17.5. The van der Waals surface area contributed by atoms with E-state index in [0.29, 0.717) is 27.8 Å². The molecule has 29 heavy (non-hydrogen) atoms. The molecule has 0 unspecified atom stereocenters. The topological polar surface area (TPSA) is 61.9 Å². The molecule has 0 saturated heterocycles. The van der Waals surface area contributed by atoms with Gasteiger partial charge in [-0.3, -0.25) is 4.68 Å². The summed E-state index contributed by atoms with van der Waals surface area (Å²) in [5.41, 5.74) is 4.74. The zero-order chi connectivity index (χ0) is 20.3. The number of ether oxygens (including phenoxy) is 1. The van der Waals surface area contributed by atoms with E-state index in [1.54, 1.807) is 23.9 Å². The molecular formula is C21H20FIN4O2. The molecule has 1 saturated carbocycles. The number of hydrogen-bond donors (Lipinski definition) is 0. The van der Waals surface area contributed by atoms with Crippen LogP contribution in [0.15, 0.2) is 24.4 Å². The predicted molar refractivity (Wildman–Crippen MR) is 113 cm³/mol. The molecule has 8 heteroatoms. The third kappa shape index (κ3) is 2.91. The standard InChI is InChI=1S/C21H20FIN4O2/c1-3-29-21(28)20-25-18-15-9-17(23)16(22)8-14(15)11-6-12(7-11)19(18)27(20)10-13-4-5-24-26(13)2/h4-5,8-9,11-12H,3,6-7,10H2,1-2H3. The van der Waals surface area contributed by atoms with Crippen molar-refractivity contribution >= 4 is 28.6 Å². The highest BCUT2D eigenvalue weighted by Gasteiger charge is 2.42. The number of halogens is 2. The molecule has 0 amide bonds. The maximum absolute atomic E-state index is 14.3. The van der Waals surface area contributed by atoms with Crippen LogP contribution >= 0.6 is 22.6 Å². The number of carbonyl (C=O) groups is 1. The van der Waals surface area contributed by atoms with Gasteiger partial charge in [0.05, 0.1) is 24.5 Å². The molecule has 3 aliphatic carbocycles. The van der Waals surface area contributed by atoms with Gasteiger partial charge in [-0.2, -0.15) is 5.10 Å². The number of benzene rings is 1. The van der Waals surface area contributed by atoms with Crippen molar-refractivity contribution in [3.63, 3.8) is 0 Å². The number of hydrogen-bond acceptors (Lipinski definition) is 4. The fourth-order valence-electron chi connectivity index (χ4n) is 4.51. The molecule has 0 N–H and O–H groups in total. The van der Waals surface area contributed by atoms with Gasteiger partial charge in [0, 0.05) is 34.0 Å². The summed E-state index contributed by atoms with van der Waals surface area (Å²) in [5.74, 6) is 0.306. The van der Waals surface area contributed by atoms with Crippen LogP contribution in [0.4, 0.5) is 4.39 Å². The second kappa shape index (κ2) is 6.93. The summed E-state index contributed by atoms with van der Waals surface area (Å²) < 4.78 is 23.9. The van der Waals surface area contributed by atoms with Gasteiger partial charge in [0.25, 0.3) is 0 Å². The maximum atomic E-state index is 14.3. The van der Waals surface area contributed by atoms with Crippen LogP contribution in [0.5, 0.6) is 0 Å². The van der Waals surface area contributed by atoms with E-state index in [4.69, 9.17) is 9.72 Å². The molecule has 1 fully saturated rings. The van der Waals surface area contributed by atoms with E-state index in [9.17, 15) is 9.18 Å². The Morgan fingerprint density at radius 2 is 2.14 bits per heavy atom. The molecule has 0 aliphatic heterocycles. The van der Waals surface area contributed by atoms with Crippen molar-refractivity contribution < 1.29 is 13.9 Å². The number of aromatic nitrogens is 4. The minimum atomic E-state index is -0.433. The normalized spacial score (nSPS) is 19.2. The molecule has 3 aromatic rings. The summed E-state index contributed by atoms with van der Waals surface area (Å²) in [7, 11) is 1.88. The second-order valence-electron chi connectivity index (χ2n) is 7.64. The minimum absolute atomic E-state index is 0.198. The first-order valence-corrected chi connectivity index (χ1v) is 10.8. The van der Waals surface area contributed by atoms with Crippen LogP contribution in [0.1, 0.15) is 59.2 Å². The van der Waals surface area contributed by atoms with Gasteiger partial charge in [-0.25, -0.2) is 14.2 Å². The Labute approximate surface area is 181 Å². The Hall–Kier alpha value is -2.23. The van der Waals surface area contributed by atoms with Crippen molar-refractivity contribution in [2.45, 2.75) is 38.1 Å². The first-order valence-electron chi connectivity index (χ1n) is 9.71. The number of imidazole rings is 1. The molecule has 6 nitrogen and oxygen atoms in total. The molecule has 2 aromatic heterocycles. The fraction of sp³-hybridized carbons (Fsp3) is 0.381. The van der Waals surface area contributed by atoms with Crippen LogP contribution < -0.4 is 0 Å². The Kier molecular flexibility index (Phi) is 4.49. The highest BCUT2D eigenvalue weighted by atomic mass is 127. The van der Waals surface area contributed by atoms with Gasteiger partial charge in [-0.15, -0.1) is 0 Å². The minimum Gasteiger partial charge on any atom is -0.460 e. The van der Waals surface area contributed by atoms with Gasteiger partial charge in [0.1, 0.15) is 5.82 Å². The lowest BCUT2D eigenvalue weighted by Crippen LogP contribution is -2.24. The van der Waals surface area contributed by atoms with Crippen LogP contribution in [0.3, 0.4) is 0 Å². The van der Waals surface area contributed by atoms with E-state index in [1.165, 1.54) is 0 Å². The molecule has 150 valence electrons. The SMILES string of the molecule is CCOC(=O)c1nc2c(n1Cc1ccnn1C)C1CC(C1)c1cc(F)c(I)cc1-2. The molecule has 3 aliphatic rings. The van der Waals surface area contributed by atoms with Gasteiger partial charge in [-0.1, -0.05) is 0 Å². The Morgan fingerprint density at radius 3 is 2.83 bits per heavy atom. The van der Waals surface area contributed by atoms with E-state index in [-0.39, 0.29) is 12.4 Å². The summed E-state index contributed by atoms with van der Waals surface area (Å²) in [6, 6.07) is 5.45. The number of aryl methyl sites for hydroxylation is 1. The average molecular weight is 506 g/mol. The lowest BCUT2D eigenvalue weighted by molar-refractivity contribution is 0.0506. The lowest BCUT2D eigenvalue weighted by Gasteiger charge is -2.34. The van der Waals surface area contributed by atoms with Crippen molar-refractivity contribution in [1.82, 2.24) is 19.3 Å². The third-order valence-electron chi connectivity index (χ3n) is 6.02. The third-order valence-corrected chi connectivity index (χ3v) is 6.85. The first-order chi connectivity index (χ1) is 14.0. The molecule has 0 spiro atoms. The molecule has 2 heterocycles. The maximum Gasteiger partial charge on any atom is 0.374 e. The summed E-state index contributed by atoms with van der Waals surface area (Å²) in [6.07, 6.45) is 3.63. The molecule has 6 rings (SSSR count). The smallest absolute Gasteiger partial charge is 0.374 e. The zero-order valence-corrected chi connectivity index (χ0v) is 18.3. The van der Waals surface area contributed by atoms with E-state index >= 15 is 0 Å². The number of nitrogens with zero attached hydrogens (tertiary/aromatic N) is 4. The number of carbonyl (C=O) groups excluding carboxylic acids is 1. The predicted octanol–water partition coefficient (Wildman–Crippen LogP) is 4.23. The second-order valence-corrected chi connectivity index (χ2v) is 8.80. The molecule has 2 bridgehead atoms. The molecule has 0 radical (unpaired) electrons. The van der Waals surface area contributed by atoms with Crippen LogP contribution in [-0.4, -0.2) is 31.9 Å². The van der Waals surface area contributed by atoms with Crippen molar-refractivity contribution in [2.24, 2.45) is 7.05 Å². The first kappa shape index (κ1) is 18.8. The van der Waals surface area contributed by atoms with Crippen LogP contribution in [-0.2, 0) is 18.3 Å². The summed E-state index contributed by atoms with van der Waals surface area (Å²) >= 11 is 2.01. The largest absolute Gasteiger partial charge is 0.460 e. The average Bonchev–Trinajstić information content (AvgIpc) is 3.15. The van der Waals surface area contributed by atoms with Gasteiger partial charge in [0.2, 0.25) is 5.82 Å². The zero-order valence-electron chi connectivity index (χ0n) is 16.2. The molecule has 0 atom stereocenters. The lowest BCUT2D eigenvalue weighted by atomic mass is 9.71. The van der Waals surface area contributed by atoms with Crippen molar-refractivity contribution in [1.29, 1.82) is 0 Å². The monoisotopic (exact) mass is 506 g/mol. The van der Waals surface area contributed by atoms with Gasteiger partial charge in [0.15, 0.2) is 0 Å². The van der Waals surface area contributed by atoms with Gasteiger partial charge >= 0.3 is 5.97 Å². The fourth-order valence-corrected chi connectivity index (χ4v) is 4.97. The van der Waals surface area contributed by atoms with Crippen molar-refractivity contribution in [2.75, 3.05) is 6.61 Å². The van der Waals surface area contributed by atoms with E-state index in [2.05, 4.69) is 5.10 Å². The summed E-state index contributed by atoms with van der Waals surface area (Å²) in [6.45, 7) is 2.56. The van der Waals surface area contributed by atoms with Crippen LogP contribution in [0, 0.1) is 9.39 Å². The number of esters is 1. The Morgan fingerprint density at radius 1 is 1.34 bits per heavy atom. The van der Waals surface area contributed by atoms with Crippen LogP contribution in [0.25, 0.3) is 11.3 Å². The van der Waals surface area contributed by atoms with E-state index < -0.39 is 5.97 Å². The van der Waals surface area contributed by atoms with Crippen LogP contribution in [0.2, 0.25) is 0 Å². The summed E-state index contributed by atoms with van der Waals surface area (Å²) in [5, 5.41) is 4.25. The quantitative estimate of drug-likeness (QED) is 0.393. The molecule has 1 aromatic carbocycles. The van der Waals surface area contributed by atoms with Gasteiger partial charge in [-0.05, 0) is 72.0 Å². The van der Waals surface area contributed by atoms with Crippen molar-refractivity contribution in [3.8, 4) is 11.3 Å². The number of rotatable bonds is 4. The highest BCUT2D eigenvalue weighted by molar-refractivity contribution is 14.1. The van der Waals surface area contributed by atoms with E-state index in [0.717, 1.165) is 41.1 Å². The van der Waals surface area contributed by atoms with Gasteiger partial charge < -0.3 is 9.30 Å². The van der Waals surface area contributed by atoms with Crippen molar-refractivity contribution in [3.05, 3.63) is 56.6 Å². The highest BCUT2D eigenvalue weighted by Crippen LogP contribution is 2.55. The Balaban J connectivity index is 1.73. The van der Waals surface area contributed by atoms with E-state index in [1.807, 2.05) is 46.3 Å².